The molecule has 1 fully saturated rings. The third-order valence-corrected chi connectivity index (χ3v) is 1.80. The number of carbonyl (C=O) groups excluding carboxylic acids is 1. The molecule has 0 unspecified atom stereocenters. The minimum absolute atomic E-state index is 0.240. The minimum Gasteiger partial charge on any atom is -0.299 e. The van der Waals surface area contributed by atoms with Crippen LogP contribution >= 0.6 is 0 Å². The van der Waals surface area contributed by atoms with Crippen molar-refractivity contribution in [1.29, 1.82) is 5.26 Å². The summed E-state index contributed by atoms with van der Waals surface area (Å²) in [6.07, 6.45) is 3.09. The Bertz CT molecular complexity index is 157. The Balaban J connectivity index is 2.15. The van der Waals surface area contributed by atoms with E-state index in [0.717, 1.165) is 19.3 Å². The van der Waals surface area contributed by atoms with E-state index < -0.39 is 0 Å². The third-order valence-electron chi connectivity index (χ3n) is 1.80. The van der Waals surface area contributed by atoms with Crippen molar-refractivity contribution in [2.24, 2.45) is 5.92 Å². The average molecular weight is 123 g/mol. The van der Waals surface area contributed by atoms with Crippen LogP contribution < -0.4 is 0 Å². The van der Waals surface area contributed by atoms with E-state index in [2.05, 4.69) is 0 Å². The summed E-state index contributed by atoms with van der Waals surface area (Å²) in [6, 6.07) is 2.04. The van der Waals surface area contributed by atoms with Crippen LogP contribution in [0.3, 0.4) is 0 Å². The van der Waals surface area contributed by atoms with Gasteiger partial charge in [0, 0.05) is 18.8 Å². The van der Waals surface area contributed by atoms with Gasteiger partial charge in [0.15, 0.2) is 0 Å². The molecular formula is C7H9NO. The van der Waals surface area contributed by atoms with Gasteiger partial charge >= 0.3 is 0 Å². The molecule has 0 heterocycles. The SMILES string of the molecule is N#CCC[C@@H]1CCC1=O. The molecule has 9 heavy (non-hydrogen) atoms. The highest BCUT2D eigenvalue weighted by molar-refractivity contribution is 5.86. The Hall–Kier alpha value is -0.840. The lowest BCUT2D eigenvalue weighted by Crippen LogP contribution is -2.24. The maximum absolute atomic E-state index is 10.6. The molecule has 1 aliphatic rings. The zero-order valence-electron chi connectivity index (χ0n) is 5.26. The third kappa shape index (κ3) is 1.29. The molecule has 48 valence electrons. The van der Waals surface area contributed by atoms with Crippen molar-refractivity contribution < 1.29 is 4.79 Å². The van der Waals surface area contributed by atoms with Crippen molar-refractivity contribution >= 4 is 5.78 Å². The molecule has 0 saturated heterocycles. The highest BCUT2D eigenvalue weighted by Crippen LogP contribution is 2.26. The van der Waals surface area contributed by atoms with E-state index in [-0.39, 0.29) is 5.92 Å². The molecule has 0 aliphatic heterocycles. The van der Waals surface area contributed by atoms with Crippen LogP contribution in [-0.4, -0.2) is 5.78 Å². The van der Waals surface area contributed by atoms with Crippen molar-refractivity contribution in [3.63, 3.8) is 0 Å². The van der Waals surface area contributed by atoms with E-state index in [1.807, 2.05) is 6.07 Å². The molecule has 1 saturated carbocycles. The smallest absolute Gasteiger partial charge is 0.136 e. The highest BCUT2D eigenvalue weighted by Gasteiger charge is 2.26. The van der Waals surface area contributed by atoms with Crippen LogP contribution in [0.2, 0.25) is 0 Å². The Morgan fingerprint density at radius 2 is 2.56 bits per heavy atom. The van der Waals surface area contributed by atoms with Gasteiger partial charge < -0.3 is 0 Å². The number of hydrogen-bond donors (Lipinski definition) is 0. The van der Waals surface area contributed by atoms with Crippen molar-refractivity contribution in [2.45, 2.75) is 25.7 Å². The summed E-state index contributed by atoms with van der Waals surface area (Å²) in [4.78, 5) is 10.6. The maximum atomic E-state index is 10.6. The Kier molecular flexibility index (Phi) is 1.84. The van der Waals surface area contributed by atoms with Gasteiger partial charge in [-0.2, -0.15) is 5.26 Å². The lowest BCUT2D eigenvalue weighted by atomic mass is 9.81. The van der Waals surface area contributed by atoms with Gasteiger partial charge in [0.1, 0.15) is 5.78 Å². The molecule has 0 N–H and O–H groups in total. The van der Waals surface area contributed by atoms with Crippen molar-refractivity contribution in [2.75, 3.05) is 0 Å². The highest BCUT2D eigenvalue weighted by atomic mass is 16.1. The molecule has 0 aromatic rings. The van der Waals surface area contributed by atoms with E-state index in [0.29, 0.717) is 12.2 Å². The number of Topliss-reactive ketones (excluding diaryl/α,β-unsaturated/α-hetero) is 1. The van der Waals surface area contributed by atoms with Gasteiger partial charge in [-0.15, -0.1) is 0 Å². The van der Waals surface area contributed by atoms with Crippen molar-refractivity contribution in [1.82, 2.24) is 0 Å². The average Bonchev–Trinajstić information content (AvgIpc) is 1.86. The van der Waals surface area contributed by atoms with Crippen LogP contribution in [0, 0.1) is 17.2 Å². The predicted octanol–water partition coefficient (Wildman–Crippen LogP) is 1.27. The summed E-state index contributed by atoms with van der Waals surface area (Å²) in [5, 5.41) is 8.16. The van der Waals surface area contributed by atoms with Gasteiger partial charge in [0.05, 0.1) is 6.07 Å². The fourth-order valence-corrected chi connectivity index (χ4v) is 1.01. The second-order valence-corrected chi connectivity index (χ2v) is 2.40. The summed E-state index contributed by atoms with van der Waals surface area (Å²) >= 11 is 0. The summed E-state index contributed by atoms with van der Waals surface area (Å²) in [5.41, 5.74) is 0. The van der Waals surface area contributed by atoms with Gasteiger partial charge in [0.2, 0.25) is 0 Å². The summed E-state index contributed by atoms with van der Waals surface area (Å²) in [6.45, 7) is 0. The Morgan fingerprint density at radius 1 is 1.78 bits per heavy atom. The predicted molar refractivity (Wildman–Crippen MR) is 32.6 cm³/mol. The minimum atomic E-state index is 0.240. The second kappa shape index (κ2) is 2.63. The molecular weight excluding hydrogens is 114 g/mol. The summed E-state index contributed by atoms with van der Waals surface area (Å²) in [5.74, 6) is 0.592. The lowest BCUT2D eigenvalue weighted by Gasteiger charge is -2.22. The zero-order valence-corrected chi connectivity index (χ0v) is 5.26. The topological polar surface area (TPSA) is 40.9 Å². The lowest BCUT2D eigenvalue weighted by molar-refractivity contribution is -0.129. The van der Waals surface area contributed by atoms with E-state index in [4.69, 9.17) is 5.26 Å². The molecule has 0 bridgehead atoms. The van der Waals surface area contributed by atoms with Crippen LogP contribution in [0.25, 0.3) is 0 Å². The molecule has 0 spiro atoms. The largest absolute Gasteiger partial charge is 0.299 e. The number of nitriles is 1. The zero-order chi connectivity index (χ0) is 6.69. The first kappa shape index (κ1) is 6.28. The fraction of sp³-hybridized carbons (Fsp3) is 0.714. The van der Waals surface area contributed by atoms with Crippen molar-refractivity contribution in [3.05, 3.63) is 0 Å². The van der Waals surface area contributed by atoms with Gasteiger partial charge in [-0.1, -0.05) is 0 Å². The quantitative estimate of drug-likeness (QED) is 0.554. The van der Waals surface area contributed by atoms with Gasteiger partial charge in [-0.3, -0.25) is 4.79 Å². The van der Waals surface area contributed by atoms with Gasteiger partial charge in [0.25, 0.3) is 0 Å². The summed E-state index contributed by atoms with van der Waals surface area (Å²) in [7, 11) is 0. The molecule has 2 heteroatoms. The molecule has 0 radical (unpaired) electrons. The van der Waals surface area contributed by atoms with Crippen LogP contribution in [0.5, 0.6) is 0 Å². The molecule has 0 aromatic carbocycles. The van der Waals surface area contributed by atoms with Crippen LogP contribution in [-0.2, 0) is 4.79 Å². The maximum Gasteiger partial charge on any atom is 0.136 e. The molecule has 0 aromatic heterocycles. The normalized spacial score (nSPS) is 24.8. The Labute approximate surface area is 54.5 Å². The summed E-state index contributed by atoms with van der Waals surface area (Å²) < 4.78 is 0. The molecule has 1 rings (SSSR count). The standard InChI is InChI=1S/C7H9NO/c8-5-1-2-6-3-4-7(6)9/h6H,1-4H2/t6-/m1/s1. The fourth-order valence-electron chi connectivity index (χ4n) is 1.01. The molecule has 1 aliphatic carbocycles. The number of rotatable bonds is 2. The number of carbonyl (C=O) groups is 1. The van der Waals surface area contributed by atoms with Crippen LogP contribution in [0.1, 0.15) is 25.7 Å². The van der Waals surface area contributed by atoms with Gasteiger partial charge in [-0.05, 0) is 12.8 Å². The molecule has 2 nitrogen and oxygen atoms in total. The van der Waals surface area contributed by atoms with E-state index in [1.54, 1.807) is 0 Å². The molecule has 0 amide bonds. The van der Waals surface area contributed by atoms with E-state index >= 15 is 0 Å². The first-order valence-electron chi connectivity index (χ1n) is 3.24. The first-order valence-corrected chi connectivity index (χ1v) is 3.24. The Morgan fingerprint density at radius 3 is 2.89 bits per heavy atom. The van der Waals surface area contributed by atoms with Crippen LogP contribution in [0.15, 0.2) is 0 Å². The first-order chi connectivity index (χ1) is 4.34. The number of ketones is 1. The van der Waals surface area contributed by atoms with E-state index in [1.165, 1.54) is 0 Å². The van der Waals surface area contributed by atoms with Gasteiger partial charge in [-0.25, -0.2) is 0 Å². The number of hydrogen-bond acceptors (Lipinski definition) is 2. The molecule has 1 atom stereocenters. The second-order valence-electron chi connectivity index (χ2n) is 2.40. The monoisotopic (exact) mass is 123 g/mol. The van der Waals surface area contributed by atoms with Crippen LogP contribution in [0.4, 0.5) is 0 Å². The van der Waals surface area contributed by atoms with Crippen molar-refractivity contribution in [3.8, 4) is 6.07 Å². The number of nitrogens with zero attached hydrogens (tertiary/aromatic N) is 1. The van der Waals surface area contributed by atoms with E-state index in [9.17, 15) is 4.79 Å².